The highest BCUT2D eigenvalue weighted by Crippen LogP contribution is 2.24. The normalized spacial score (nSPS) is 13.1. The number of hydrogen-bond donors (Lipinski definition) is 1. The summed E-state index contributed by atoms with van der Waals surface area (Å²) < 4.78 is 5.65. The fourth-order valence-corrected chi connectivity index (χ4v) is 1.98. The van der Waals surface area contributed by atoms with E-state index in [9.17, 15) is 0 Å². The van der Waals surface area contributed by atoms with Crippen molar-refractivity contribution in [2.45, 2.75) is 46.8 Å². The molecular weight excluding hydrogens is 210 g/mol. The van der Waals surface area contributed by atoms with Gasteiger partial charge in [0.05, 0.1) is 6.10 Å². The molecule has 0 aliphatic carbocycles. The summed E-state index contributed by atoms with van der Waals surface area (Å²) in [6, 6.07) is 8.85. The van der Waals surface area contributed by atoms with E-state index in [2.05, 4.69) is 50.4 Å². The molecular formula is C15H25NO. The van der Waals surface area contributed by atoms with E-state index < -0.39 is 0 Å². The Morgan fingerprint density at radius 2 is 1.65 bits per heavy atom. The van der Waals surface area contributed by atoms with Crippen molar-refractivity contribution >= 4 is 0 Å². The van der Waals surface area contributed by atoms with Crippen molar-refractivity contribution < 1.29 is 4.74 Å². The first-order valence-electron chi connectivity index (χ1n) is 6.54. The highest BCUT2D eigenvalue weighted by atomic mass is 16.5. The average Bonchev–Trinajstić information content (AvgIpc) is 2.26. The van der Waals surface area contributed by atoms with Crippen LogP contribution in [-0.2, 0) is 0 Å². The molecule has 0 spiro atoms. The van der Waals surface area contributed by atoms with Gasteiger partial charge >= 0.3 is 0 Å². The van der Waals surface area contributed by atoms with Gasteiger partial charge in [-0.3, -0.25) is 0 Å². The lowest BCUT2D eigenvalue weighted by Crippen LogP contribution is -2.25. The van der Waals surface area contributed by atoms with Gasteiger partial charge in [0.2, 0.25) is 0 Å². The lowest BCUT2D eigenvalue weighted by Gasteiger charge is -2.22. The third-order valence-electron chi connectivity index (χ3n) is 2.70. The number of ether oxygens (including phenoxy) is 1. The molecule has 0 saturated carbocycles. The molecule has 0 fully saturated rings. The predicted octanol–water partition coefficient (Wildman–Crippen LogP) is 3.78. The smallest absolute Gasteiger partial charge is 0.119 e. The molecule has 0 radical (unpaired) electrons. The van der Waals surface area contributed by atoms with Crippen molar-refractivity contribution in [2.24, 2.45) is 5.92 Å². The van der Waals surface area contributed by atoms with E-state index in [0.717, 1.165) is 12.3 Å². The van der Waals surface area contributed by atoms with Crippen LogP contribution in [0.5, 0.6) is 5.75 Å². The molecule has 1 rings (SSSR count). The van der Waals surface area contributed by atoms with Crippen LogP contribution < -0.4 is 10.1 Å². The minimum atomic E-state index is 0.232. The van der Waals surface area contributed by atoms with Crippen molar-refractivity contribution in [1.29, 1.82) is 0 Å². The molecule has 1 atom stereocenters. The number of benzene rings is 1. The van der Waals surface area contributed by atoms with Gasteiger partial charge in [-0.15, -0.1) is 0 Å². The Labute approximate surface area is 105 Å². The van der Waals surface area contributed by atoms with E-state index in [4.69, 9.17) is 4.74 Å². The molecule has 0 aliphatic heterocycles. The Morgan fingerprint density at radius 1 is 1.06 bits per heavy atom. The largest absolute Gasteiger partial charge is 0.491 e. The molecule has 17 heavy (non-hydrogen) atoms. The zero-order chi connectivity index (χ0) is 12.8. The SMILES string of the molecule is CCNC(c1ccc(OC(C)C)cc1)C(C)C. The molecule has 0 aromatic heterocycles. The van der Waals surface area contributed by atoms with Gasteiger partial charge in [0.25, 0.3) is 0 Å². The lowest BCUT2D eigenvalue weighted by atomic mass is 9.96. The first kappa shape index (κ1) is 14.0. The van der Waals surface area contributed by atoms with Crippen LogP contribution in [-0.4, -0.2) is 12.6 Å². The first-order chi connectivity index (χ1) is 8.04. The second-order valence-electron chi connectivity index (χ2n) is 5.02. The molecule has 0 aliphatic rings. The molecule has 2 nitrogen and oxygen atoms in total. The monoisotopic (exact) mass is 235 g/mol. The zero-order valence-corrected chi connectivity index (χ0v) is 11.7. The second kappa shape index (κ2) is 6.65. The predicted molar refractivity (Wildman–Crippen MR) is 73.5 cm³/mol. The maximum Gasteiger partial charge on any atom is 0.119 e. The van der Waals surface area contributed by atoms with Gasteiger partial charge in [0.1, 0.15) is 5.75 Å². The standard InChI is InChI=1S/C15H25NO/c1-6-16-15(11(2)3)13-7-9-14(10-8-13)17-12(4)5/h7-12,15-16H,6H2,1-5H3. The molecule has 0 saturated heterocycles. The fourth-order valence-electron chi connectivity index (χ4n) is 1.98. The van der Waals surface area contributed by atoms with E-state index in [-0.39, 0.29) is 6.10 Å². The van der Waals surface area contributed by atoms with Gasteiger partial charge in [-0.25, -0.2) is 0 Å². The van der Waals surface area contributed by atoms with E-state index in [1.165, 1.54) is 5.56 Å². The van der Waals surface area contributed by atoms with Gasteiger partial charge in [-0.05, 0) is 44.0 Å². The Balaban J connectivity index is 2.77. The summed E-state index contributed by atoms with van der Waals surface area (Å²) >= 11 is 0. The highest BCUT2D eigenvalue weighted by molar-refractivity contribution is 5.29. The maximum atomic E-state index is 5.65. The number of rotatable bonds is 6. The Hall–Kier alpha value is -1.02. The quantitative estimate of drug-likeness (QED) is 0.810. The summed E-state index contributed by atoms with van der Waals surface area (Å²) in [6.07, 6.45) is 0.232. The van der Waals surface area contributed by atoms with Crippen molar-refractivity contribution in [1.82, 2.24) is 5.32 Å². The van der Waals surface area contributed by atoms with Crippen LogP contribution in [0.2, 0.25) is 0 Å². The van der Waals surface area contributed by atoms with Crippen LogP contribution in [0.15, 0.2) is 24.3 Å². The van der Waals surface area contributed by atoms with Crippen LogP contribution in [0, 0.1) is 5.92 Å². The zero-order valence-electron chi connectivity index (χ0n) is 11.7. The topological polar surface area (TPSA) is 21.3 Å². The van der Waals surface area contributed by atoms with Gasteiger partial charge in [0.15, 0.2) is 0 Å². The third-order valence-corrected chi connectivity index (χ3v) is 2.70. The molecule has 1 N–H and O–H groups in total. The molecule has 0 heterocycles. The Bertz CT molecular complexity index is 316. The molecule has 96 valence electrons. The van der Waals surface area contributed by atoms with E-state index in [0.29, 0.717) is 12.0 Å². The minimum absolute atomic E-state index is 0.232. The Morgan fingerprint density at radius 3 is 2.06 bits per heavy atom. The van der Waals surface area contributed by atoms with Crippen molar-refractivity contribution in [3.8, 4) is 5.75 Å². The van der Waals surface area contributed by atoms with Gasteiger partial charge < -0.3 is 10.1 Å². The van der Waals surface area contributed by atoms with E-state index in [1.54, 1.807) is 0 Å². The van der Waals surface area contributed by atoms with E-state index in [1.807, 2.05) is 13.8 Å². The summed E-state index contributed by atoms with van der Waals surface area (Å²) in [5.41, 5.74) is 1.33. The van der Waals surface area contributed by atoms with Gasteiger partial charge in [-0.1, -0.05) is 32.9 Å². The Kier molecular flexibility index (Phi) is 5.49. The van der Waals surface area contributed by atoms with Crippen LogP contribution in [0.25, 0.3) is 0 Å². The van der Waals surface area contributed by atoms with Crippen LogP contribution in [0.3, 0.4) is 0 Å². The molecule has 1 aromatic rings. The molecule has 2 heteroatoms. The fraction of sp³-hybridized carbons (Fsp3) is 0.600. The summed E-state index contributed by atoms with van der Waals surface area (Å²) in [7, 11) is 0. The summed E-state index contributed by atoms with van der Waals surface area (Å²) in [6.45, 7) is 11.7. The molecule has 1 unspecified atom stereocenters. The number of nitrogens with one attached hydrogen (secondary N) is 1. The summed E-state index contributed by atoms with van der Waals surface area (Å²) in [5.74, 6) is 1.54. The van der Waals surface area contributed by atoms with Crippen molar-refractivity contribution in [3.05, 3.63) is 29.8 Å². The molecule has 0 amide bonds. The summed E-state index contributed by atoms with van der Waals surface area (Å²) in [4.78, 5) is 0. The van der Waals surface area contributed by atoms with Crippen LogP contribution in [0.1, 0.15) is 46.2 Å². The van der Waals surface area contributed by atoms with E-state index >= 15 is 0 Å². The molecule has 0 bridgehead atoms. The minimum Gasteiger partial charge on any atom is -0.491 e. The van der Waals surface area contributed by atoms with Gasteiger partial charge in [-0.2, -0.15) is 0 Å². The van der Waals surface area contributed by atoms with Crippen LogP contribution in [0.4, 0.5) is 0 Å². The van der Waals surface area contributed by atoms with Crippen molar-refractivity contribution in [2.75, 3.05) is 6.54 Å². The maximum absolute atomic E-state index is 5.65. The average molecular weight is 235 g/mol. The first-order valence-corrected chi connectivity index (χ1v) is 6.54. The summed E-state index contributed by atoms with van der Waals surface area (Å²) in [5, 5.41) is 3.52. The molecule has 1 aromatic carbocycles. The third kappa shape index (κ3) is 4.39. The lowest BCUT2D eigenvalue weighted by molar-refractivity contribution is 0.242. The van der Waals surface area contributed by atoms with Crippen molar-refractivity contribution in [3.63, 3.8) is 0 Å². The number of hydrogen-bond acceptors (Lipinski definition) is 2. The van der Waals surface area contributed by atoms with Gasteiger partial charge in [0, 0.05) is 6.04 Å². The highest BCUT2D eigenvalue weighted by Gasteiger charge is 2.14. The second-order valence-corrected chi connectivity index (χ2v) is 5.02. The van der Waals surface area contributed by atoms with Crippen LogP contribution >= 0.6 is 0 Å².